The van der Waals surface area contributed by atoms with Crippen molar-refractivity contribution in [1.29, 1.82) is 0 Å². The molecule has 0 radical (unpaired) electrons. The summed E-state index contributed by atoms with van der Waals surface area (Å²) in [5.74, 6) is 1.09. The number of aromatic nitrogens is 2. The van der Waals surface area contributed by atoms with Crippen LogP contribution in [0.4, 0.5) is 0 Å². The number of carbonyl (C=O) groups is 1. The average Bonchev–Trinajstić information content (AvgIpc) is 3.35. The summed E-state index contributed by atoms with van der Waals surface area (Å²) in [6.07, 6.45) is 0. The SMILES string of the molecule is Cc1ccc(O)c(C(=O)N2CCN(Cc3nc(-c4cccs4)no3)CC2)c1. The van der Waals surface area contributed by atoms with Crippen molar-refractivity contribution in [1.82, 2.24) is 19.9 Å². The molecule has 0 aliphatic carbocycles. The minimum atomic E-state index is -0.131. The number of aromatic hydroxyl groups is 1. The number of hydrogen-bond donors (Lipinski definition) is 1. The summed E-state index contributed by atoms with van der Waals surface area (Å²) in [6, 6.07) is 9.01. The van der Waals surface area contributed by atoms with Crippen LogP contribution in [0.15, 0.2) is 40.2 Å². The first-order chi connectivity index (χ1) is 13.1. The highest BCUT2D eigenvalue weighted by Gasteiger charge is 2.25. The van der Waals surface area contributed by atoms with E-state index in [1.165, 1.54) is 0 Å². The Balaban J connectivity index is 1.35. The van der Waals surface area contributed by atoms with Gasteiger partial charge < -0.3 is 14.5 Å². The quantitative estimate of drug-likeness (QED) is 0.745. The molecule has 0 atom stereocenters. The number of aryl methyl sites for hydroxylation is 1. The molecular weight excluding hydrogens is 364 g/mol. The molecule has 1 amide bonds. The summed E-state index contributed by atoms with van der Waals surface area (Å²) in [6.45, 7) is 5.10. The fourth-order valence-electron chi connectivity index (χ4n) is 3.12. The fourth-order valence-corrected chi connectivity index (χ4v) is 3.77. The number of amides is 1. The molecule has 3 aromatic rings. The van der Waals surface area contributed by atoms with Gasteiger partial charge in [-0.25, -0.2) is 0 Å². The molecule has 7 nitrogen and oxygen atoms in total. The number of piperazine rings is 1. The van der Waals surface area contributed by atoms with E-state index < -0.39 is 0 Å². The molecule has 0 saturated carbocycles. The van der Waals surface area contributed by atoms with Crippen LogP contribution in [0.3, 0.4) is 0 Å². The number of thiophene rings is 1. The number of phenolic OH excluding ortho intramolecular Hbond substituents is 1. The lowest BCUT2D eigenvalue weighted by atomic mass is 10.1. The minimum Gasteiger partial charge on any atom is -0.507 e. The standard InChI is InChI=1S/C19H20N4O3S/c1-13-4-5-15(24)14(11-13)19(25)23-8-6-22(7-9-23)12-17-20-18(21-26-17)16-3-2-10-27-16/h2-5,10-11,24H,6-9,12H2,1H3. The highest BCUT2D eigenvalue weighted by Crippen LogP contribution is 2.23. The van der Waals surface area contributed by atoms with Crippen molar-refractivity contribution in [3.05, 3.63) is 52.7 Å². The smallest absolute Gasteiger partial charge is 0.257 e. The summed E-state index contributed by atoms with van der Waals surface area (Å²) in [5.41, 5.74) is 1.31. The second-order valence-electron chi connectivity index (χ2n) is 6.58. The molecular formula is C19H20N4O3S. The van der Waals surface area contributed by atoms with Crippen LogP contribution in [0, 0.1) is 6.92 Å². The molecule has 4 rings (SSSR count). The Kier molecular flexibility index (Phi) is 4.91. The van der Waals surface area contributed by atoms with Gasteiger partial charge in [0.25, 0.3) is 5.91 Å². The molecule has 8 heteroatoms. The van der Waals surface area contributed by atoms with Crippen molar-refractivity contribution in [3.63, 3.8) is 0 Å². The highest BCUT2D eigenvalue weighted by molar-refractivity contribution is 7.13. The van der Waals surface area contributed by atoms with E-state index in [-0.39, 0.29) is 11.7 Å². The zero-order valence-electron chi connectivity index (χ0n) is 15.0. The van der Waals surface area contributed by atoms with Gasteiger partial charge in [-0.15, -0.1) is 11.3 Å². The molecule has 1 aliphatic rings. The van der Waals surface area contributed by atoms with E-state index in [0.717, 1.165) is 23.5 Å². The summed E-state index contributed by atoms with van der Waals surface area (Å²) in [4.78, 5) is 22.1. The summed E-state index contributed by atoms with van der Waals surface area (Å²) in [5, 5.41) is 16.0. The molecule has 2 aromatic heterocycles. The summed E-state index contributed by atoms with van der Waals surface area (Å²) < 4.78 is 5.35. The van der Waals surface area contributed by atoms with Gasteiger partial charge in [-0.1, -0.05) is 22.9 Å². The minimum absolute atomic E-state index is 0.0278. The first-order valence-corrected chi connectivity index (χ1v) is 9.66. The van der Waals surface area contributed by atoms with E-state index in [2.05, 4.69) is 15.0 Å². The zero-order chi connectivity index (χ0) is 18.8. The average molecular weight is 384 g/mol. The lowest BCUT2D eigenvalue weighted by Crippen LogP contribution is -2.48. The molecule has 0 unspecified atom stereocenters. The van der Waals surface area contributed by atoms with Gasteiger partial charge in [0.1, 0.15) is 5.75 Å². The van der Waals surface area contributed by atoms with Crippen LogP contribution in [0.5, 0.6) is 5.75 Å². The van der Waals surface area contributed by atoms with Gasteiger partial charge in [0, 0.05) is 26.2 Å². The number of benzene rings is 1. The number of nitrogens with zero attached hydrogens (tertiary/aromatic N) is 4. The predicted molar refractivity (Wildman–Crippen MR) is 102 cm³/mol. The lowest BCUT2D eigenvalue weighted by molar-refractivity contribution is 0.0612. The van der Waals surface area contributed by atoms with Crippen molar-refractivity contribution in [2.45, 2.75) is 13.5 Å². The Morgan fingerprint density at radius 1 is 1.26 bits per heavy atom. The molecule has 1 aromatic carbocycles. The molecule has 1 N–H and O–H groups in total. The van der Waals surface area contributed by atoms with Gasteiger partial charge in [0.2, 0.25) is 11.7 Å². The van der Waals surface area contributed by atoms with Crippen LogP contribution in [-0.4, -0.2) is 57.1 Å². The molecule has 1 aliphatic heterocycles. The van der Waals surface area contributed by atoms with Gasteiger partial charge in [-0.05, 0) is 30.5 Å². The first-order valence-electron chi connectivity index (χ1n) is 8.78. The molecule has 1 fully saturated rings. The lowest BCUT2D eigenvalue weighted by Gasteiger charge is -2.34. The third-order valence-corrected chi connectivity index (χ3v) is 5.48. The van der Waals surface area contributed by atoms with Crippen molar-refractivity contribution >= 4 is 17.2 Å². The molecule has 0 spiro atoms. The van der Waals surface area contributed by atoms with Crippen molar-refractivity contribution in [3.8, 4) is 16.5 Å². The molecule has 140 valence electrons. The molecule has 3 heterocycles. The van der Waals surface area contributed by atoms with Crippen LogP contribution in [0.1, 0.15) is 21.8 Å². The third kappa shape index (κ3) is 3.86. The van der Waals surface area contributed by atoms with Gasteiger partial charge >= 0.3 is 0 Å². The number of rotatable bonds is 4. The van der Waals surface area contributed by atoms with Gasteiger partial charge in [0.05, 0.1) is 17.0 Å². The predicted octanol–water partition coefficient (Wildman–Crippen LogP) is 2.77. The topological polar surface area (TPSA) is 82.7 Å². The normalized spacial score (nSPS) is 15.2. The largest absolute Gasteiger partial charge is 0.507 e. The van der Waals surface area contributed by atoms with Crippen LogP contribution >= 0.6 is 11.3 Å². The van der Waals surface area contributed by atoms with E-state index in [1.807, 2.05) is 24.4 Å². The monoisotopic (exact) mass is 384 g/mol. The van der Waals surface area contributed by atoms with Crippen LogP contribution in [0.2, 0.25) is 0 Å². The van der Waals surface area contributed by atoms with Crippen LogP contribution in [-0.2, 0) is 6.54 Å². The number of phenols is 1. The van der Waals surface area contributed by atoms with Crippen LogP contribution in [0.25, 0.3) is 10.7 Å². The van der Waals surface area contributed by atoms with Crippen molar-refractivity contribution < 1.29 is 14.4 Å². The maximum Gasteiger partial charge on any atom is 0.257 e. The Morgan fingerprint density at radius 3 is 2.81 bits per heavy atom. The second-order valence-corrected chi connectivity index (χ2v) is 7.53. The zero-order valence-corrected chi connectivity index (χ0v) is 15.8. The van der Waals surface area contributed by atoms with Gasteiger partial charge in [-0.3, -0.25) is 9.69 Å². The van der Waals surface area contributed by atoms with E-state index in [0.29, 0.717) is 36.9 Å². The van der Waals surface area contributed by atoms with Crippen LogP contribution < -0.4 is 0 Å². The summed E-state index contributed by atoms with van der Waals surface area (Å²) in [7, 11) is 0. The first kappa shape index (κ1) is 17.7. The number of hydrogen-bond acceptors (Lipinski definition) is 7. The summed E-state index contributed by atoms with van der Waals surface area (Å²) >= 11 is 1.58. The Bertz CT molecular complexity index is 930. The van der Waals surface area contributed by atoms with E-state index in [4.69, 9.17) is 4.52 Å². The van der Waals surface area contributed by atoms with Crippen molar-refractivity contribution in [2.75, 3.05) is 26.2 Å². The van der Waals surface area contributed by atoms with Gasteiger partial charge in [-0.2, -0.15) is 4.98 Å². The van der Waals surface area contributed by atoms with Gasteiger partial charge in [0.15, 0.2) is 0 Å². The Hall–Kier alpha value is -2.71. The molecule has 0 bridgehead atoms. The maximum atomic E-state index is 12.7. The Morgan fingerprint density at radius 2 is 2.07 bits per heavy atom. The molecule has 27 heavy (non-hydrogen) atoms. The van der Waals surface area contributed by atoms with Crippen molar-refractivity contribution in [2.24, 2.45) is 0 Å². The van der Waals surface area contributed by atoms with E-state index in [1.54, 1.807) is 34.4 Å². The van der Waals surface area contributed by atoms with E-state index in [9.17, 15) is 9.90 Å². The third-order valence-electron chi connectivity index (χ3n) is 4.61. The highest BCUT2D eigenvalue weighted by atomic mass is 32.1. The molecule has 1 saturated heterocycles. The Labute approximate surface area is 160 Å². The number of carbonyl (C=O) groups excluding carboxylic acids is 1. The maximum absolute atomic E-state index is 12.7. The van der Waals surface area contributed by atoms with E-state index >= 15 is 0 Å². The second kappa shape index (κ2) is 7.50. The fraction of sp³-hybridized carbons (Fsp3) is 0.316.